The maximum atomic E-state index is 14.0. The van der Waals surface area contributed by atoms with Gasteiger partial charge in [-0.1, -0.05) is 24.3 Å². The van der Waals surface area contributed by atoms with E-state index in [1.165, 1.54) is 12.1 Å². The van der Waals surface area contributed by atoms with E-state index >= 15 is 0 Å². The number of benzene rings is 2. The van der Waals surface area contributed by atoms with Crippen molar-refractivity contribution in [2.75, 3.05) is 52.5 Å². The van der Waals surface area contributed by atoms with Crippen LogP contribution in [0.1, 0.15) is 34.5 Å². The predicted octanol–water partition coefficient (Wildman–Crippen LogP) is 7.47. The summed E-state index contributed by atoms with van der Waals surface area (Å²) in [6.45, 7) is -3.46. The lowest BCUT2D eigenvalue weighted by atomic mass is 10.0. The van der Waals surface area contributed by atoms with E-state index in [1.54, 1.807) is 0 Å². The summed E-state index contributed by atoms with van der Waals surface area (Å²) in [5, 5.41) is 0. The van der Waals surface area contributed by atoms with Crippen molar-refractivity contribution in [3.8, 4) is 0 Å². The number of halogens is 13. The van der Waals surface area contributed by atoms with Crippen LogP contribution in [-0.2, 0) is 26.6 Å². The first-order valence-corrected chi connectivity index (χ1v) is 13.6. The molecule has 260 valence electrons. The average Bonchev–Trinajstić information content (AvgIpc) is 2.95. The van der Waals surface area contributed by atoms with E-state index < -0.39 is 73.3 Å². The summed E-state index contributed by atoms with van der Waals surface area (Å²) in [7, 11) is 0. The molecule has 2 aromatic rings. The molecule has 2 heterocycles. The maximum absolute atomic E-state index is 14.0. The number of hydrogen-bond acceptors (Lipinski definition) is 5. The zero-order chi connectivity index (χ0) is 33.2. The quantitative estimate of drug-likeness (QED) is 0.267. The summed E-state index contributed by atoms with van der Waals surface area (Å²) in [5.41, 5.74) is -1.92. The van der Waals surface area contributed by atoms with E-state index in [-0.39, 0.29) is 62.9 Å². The minimum absolute atomic E-state index is 0. The van der Waals surface area contributed by atoms with Gasteiger partial charge < -0.3 is 14.2 Å². The Bertz CT molecular complexity index is 1180. The van der Waals surface area contributed by atoms with E-state index in [0.29, 0.717) is 0 Å². The standard InChI is InChI=1S/C28H28F12N2O3.ClH/c29-25(30,31)19-5-1-3-17(11-19)21-13-41(7-9-43-21)15-23(27(35,36)37)45-24(28(38,39)40)16-42-8-10-44-22(14-42)18-4-2-6-20(12-18)26(32,33)34;/h1-6,11-12,21-24H,7-10,13-16H2;1H/t21-,22-,23+,24+;/m1./s1. The Hall–Kier alpha value is -2.31. The first-order chi connectivity index (χ1) is 20.8. The van der Waals surface area contributed by atoms with Crippen LogP contribution in [0.15, 0.2) is 48.5 Å². The van der Waals surface area contributed by atoms with Gasteiger partial charge in [-0.3, -0.25) is 9.80 Å². The van der Waals surface area contributed by atoms with Crippen LogP contribution in [0.25, 0.3) is 0 Å². The SMILES string of the molecule is Cl.FC(F)(F)c1cccc([C@H]2CN(C[C@H](O[C@@H](CN3CCO[C@@H](c4cccc(C(F)(F)F)c4)C3)C(F)(F)F)C(F)(F)F)CCO2)c1. The number of rotatable bonds is 8. The molecule has 2 aliphatic heterocycles. The number of hydrogen-bond donors (Lipinski definition) is 0. The smallest absolute Gasteiger partial charge is 0.371 e. The lowest BCUT2D eigenvalue weighted by molar-refractivity contribution is -0.292. The molecular weight excluding hydrogens is 676 g/mol. The summed E-state index contributed by atoms with van der Waals surface area (Å²) in [6.07, 6.45) is -27.9. The summed E-state index contributed by atoms with van der Waals surface area (Å²) < 4.78 is 179. The molecule has 0 bridgehead atoms. The van der Waals surface area contributed by atoms with Gasteiger partial charge >= 0.3 is 24.7 Å². The van der Waals surface area contributed by atoms with Crippen LogP contribution in [0.5, 0.6) is 0 Å². The van der Waals surface area contributed by atoms with E-state index in [0.717, 1.165) is 46.2 Å². The molecule has 2 aliphatic rings. The average molecular weight is 705 g/mol. The molecule has 0 spiro atoms. The van der Waals surface area contributed by atoms with Crippen molar-refractivity contribution >= 4 is 12.4 Å². The first-order valence-electron chi connectivity index (χ1n) is 13.6. The fourth-order valence-electron chi connectivity index (χ4n) is 5.09. The van der Waals surface area contributed by atoms with Crippen LogP contribution in [0.2, 0.25) is 0 Å². The lowest BCUT2D eigenvalue weighted by Crippen LogP contribution is -2.53. The summed E-state index contributed by atoms with van der Waals surface area (Å²) >= 11 is 0. The van der Waals surface area contributed by atoms with Crippen LogP contribution >= 0.6 is 12.4 Å². The van der Waals surface area contributed by atoms with Crippen molar-refractivity contribution in [2.45, 2.75) is 49.1 Å². The summed E-state index contributed by atoms with van der Waals surface area (Å²) in [6, 6.07) is 8.03. The Morgan fingerprint density at radius 3 is 1.33 bits per heavy atom. The van der Waals surface area contributed by atoms with Gasteiger partial charge in [0.05, 0.1) is 36.5 Å². The Morgan fingerprint density at radius 1 is 0.630 bits per heavy atom. The second kappa shape index (κ2) is 14.8. The van der Waals surface area contributed by atoms with Crippen LogP contribution in [0, 0.1) is 0 Å². The highest BCUT2D eigenvalue weighted by molar-refractivity contribution is 5.85. The molecule has 0 unspecified atom stereocenters. The van der Waals surface area contributed by atoms with Crippen LogP contribution in [0.4, 0.5) is 52.7 Å². The number of ether oxygens (including phenoxy) is 3. The largest absolute Gasteiger partial charge is 0.416 e. The summed E-state index contributed by atoms with van der Waals surface area (Å²) in [4.78, 5) is 2.22. The van der Waals surface area contributed by atoms with Crippen LogP contribution < -0.4 is 0 Å². The van der Waals surface area contributed by atoms with Crippen molar-refractivity contribution in [1.29, 1.82) is 0 Å². The van der Waals surface area contributed by atoms with Crippen molar-refractivity contribution in [3.63, 3.8) is 0 Å². The van der Waals surface area contributed by atoms with Crippen molar-refractivity contribution in [1.82, 2.24) is 9.80 Å². The molecule has 0 aliphatic carbocycles. The maximum Gasteiger partial charge on any atom is 0.416 e. The van der Waals surface area contributed by atoms with E-state index in [2.05, 4.69) is 4.74 Å². The predicted molar refractivity (Wildman–Crippen MR) is 141 cm³/mol. The Morgan fingerprint density at radius 2 is 1.00 bits per heavy atom. The topological polar surface area (TPSA) is 34.2 Å². The number of morpholine rings is 2. The second-order valence-electron chi connectivity index (χ2n) is 10.7. The van der Waals surface area contributed by atoms with Gasteiger partial charge in [0.25, 0.3) is 0 Å². The van der Waals surface area contributed by atoms with Crippen molar-refractivity contribution in [2.24, 2.45) is 0 Å². The van der Waals surface area contributed by atoms with Gasteiger partial charge in [-0.15, -0.1) is 12.4 Å². The normalized spacial score (nSPS) is 22.3. The fraction of sp³-hybridized carbons (Fsp3) is 0.571. The number of nitrogens with zero attached hydrogens (tertiary/aromatic N) is 2. The molecule has 0 amide bonds. The molecule has 0 aromatic heterocycles. The highest BCUT2D eigenvalue weighted by Gasteiger charge is 2.50. The molecular formula is C28H29ClF12N2O3. The summed E-state index contributed by atoms with van der Waals surface area (Å²) in [5.74, 6) is 0. The van der Waals surface area contributed by atoms with Gasteiger partial charge in [-0.25, -0.2) is 0 Å². The van der Waals surface area contributed by atoms with Gasteiger partial charge in [-0.05, 0) is 35.4 Å². The van der Waals surface area contributed by atoms with Gasteiger partial charge in [0.1, 0.15) is 0 Å². The highest BCUT2D eigenvalue weighted by Crippen LogP contribution is 2.36. The van der Waals surface area contributed by atoms with Gasteiger partial charge in [0.2, 0.25) is 0 Å². The molecule has 0 N–H and O–H groups in total. The Kier molecular flexibility index (Phi) is 12.3. The highest BCUT2D eigenvalue weighted by atomic mass is 35.5. The van der Waals surface area contributed by atoms with Crippen LogP contribution in [0.3, 0.4) is 0 Å². The molecule has 5 nitrogen and oxygen atoms in total. The van der Waals surface area contributed by atoms with Crippen molar-refractivity contribution < 1.29 is 66.9 Å². The monoisotopic (exact) mass is 704 g/mol. The van der Waals surface area contributed by atoms with Crippen molar-refractivity contribution in [3.05, 3.63) is 70.8 Å². The Balaban J connectivity index is 0.00000576. The van der Waals surface area contributed by atoms with Gasteiger partial charge in [0, 0.05) is 39.3 Å². The fourth-order valence-corrected chi connectivity index (χ4v) is 5.09. The van der Waals surface area contributed by atoms with Gasteiger partial charge in [0.15, 0.2) is 12.2 Å². The van der Waals surface area contributed by atoms with E-state index in [9.17, 15) is 52.7 Å². The van der Waals surface area contributed by atoms with Gasteiger partial charge in [-0.2, -0.15) is 52.7 Å². The third-order valence-corrected chi connectivity index (χ3v) is 7.38. The van der Waals surface area contributed by atoms with Crippen LogP contribution in [-0.4, -0.2) is 86.8 Å². The molecule has 2 saturated heterocycles. The molecule has 18 heteroatoms. The minimum atomic E-state index is -5.25. The minimum Gasteiger partial charge on any atom is -0.371 e. The van der Waals surface area contributed by atoms with E-state index in [1.807, 2.05) is 0 Å². The lowest BCUT2D eigenvalue weighted by Gasteiger charge is -2.39. The molecule has 2 fully saturated rings. The first kappa shape index (κ1) is 38.1. The third kappa shape index (κ3) is 10.3. The second-order valence-corrected chi connectivity index (χ2v) is 10.7. The molecule has 46 heavy (non-hydrogen) atoms. The zero-order valence-electron chi connectivity index (χ0n) is 23.6. The third-order valence-electron chi connectivity index (χ3n) is 7.38. The Labute approximate surface area is 261 Å². The molecule has 4 rings (SSSR count). The zero-order valence-corrected chi connectivity index (χ0v) is 24.5. The molecule has 4 atom stereocenters. The molecule has 0 saturated carbocycles. The molecule has 0 radical (unpaired) electrons. The molecule has 2 aromatic carbocycles. The van der Waals surface area contributed by atoms with E-state index in [4.69, 9.17) is 9.47 Å². The number of alkyl halides is 12.